The van der Waals surface area contributed by atoms with Crippen molar-refractivity contribution in [1.82, 2.24) is 10.2 Å². The van der Waals surface area contributed by atoms with Crippen molar-refractivity contribution in [3.05, 3.63) is 0 Å². The second kappa shape index (κ2) is 5.13. The molecule has 1 unspecified atom stereocenters. The second-order valence-electron chi connectivity index (χ2n) is 2.96. The lowest BCUT2D eigenvalue weighted by Gasteiger charge is -2.22. The van der Waals surface area contributed by atoms with Crippen LogP contribution in [0.2, 0.25) is 0 Å². The molecular formula is C8H18N2O. The van der Waals surface area contributed by atoms with Crippen molar-refractivity contribution in [2.24, 2.45) is 0 Å². The van der Waals surface area contributed by atoms with E-state index >= 15 is 0 Å². The van der Waals surface area contributed by atoms with E-state index in [0.29, 0.717) is 6.04 Å². The third-order valence-corrected chi connectivity index (χ3v) is 1.79. The Morgan fingerprint density at radius 2 is 2.09 bits per heavy atom. The van der Waals surface area contributed by atoms with Crippen LogP contribution < -0.4 is 5.32 Å². The molecule has 0 aliphatic rings. The van der Waals surface area contributed by atoms with Gasteiger partial charge in [-0.15, -0.1) is 0 Å². The van der Waals surface area contributed by atoms with E-state index in [2.05, 4.69) is 17.1 Å². The highest BCUT2D eigenvalue weighted by Crippen LogP contribution is 1.95. The summed E-state index contributed by atoms with van der Waals surface area (Å²) in [5.74, 6) is 0.0466. The number of amides is 1. The summed E-state index contributed by atoms with van der Waals surface area (Å²) in [6.45, 7) is 4.41. The number of hydrogen-bond donors (Lipinski definition) is 1. The van der Waals surface area contributed by atoms with E-state index in [1.54, 1.807) is 6.92 Å². The Morgan fingerprint density at radius 1 is 1.55 bits per heavy atom. The molecule has 3 nitrogen and oxygen atoms in total. The number of nitrogens with one attached hydrogen (secondary N) is 1. The molecule has 0 aliphatic heterocycles. The first-order chi connectivity index (χ1) is 5.07. The molecule has 1 amide bonds. The molecule has 0 fully saturated rings. The van der Waals surface area contributed by atoms with E-state index in [9.17, 15) is 4.79 Å². The van der Waals surface area contributed by atoms with Gasteiger partial charge in [0.2, 0.25) is 5.91 Å². The third-order valence-electron chi connectivity index (χ3n) is 1.79. The molecule has 0 aromatic rings. The van der Waals surface area contributed by atoms with E-state index in [0.717, 1.165) is 13.0 Å². The normalized spacial score (nSPS) is 13.2. The molecule has 66 valence electrons. The highest BCUT2D eigenvalue weighted by molar-refractivity contribution is 5.72. The van der Waals surface area contributed by atoms with Gasteiger partial charge < -0.3 is 10.2 Å². The van der Waals surface area contributed by atoms with Crippen molar-refractivity contribution in [2.45, 2.75) is 26.3 Å². The van der Waals surface area contributed by atoms with E-state index in [1.807, 2.05) is 14.1 Å². The fourth-order valence-corrected chi connectivity index (χ4v) is 0.954. The van der Waals surface area contributed by atoms with Crippen LogP contribution in [-0.2, 0) is 4.79 Å². The molecule has 1 atom stereocenters. The van der Waals surface area contributed by atoms with Crippen LogP contribution in [0.4, 0.5) is 0 Å². The fraction of sp³-hybridized carbons (Fsp3) is 0.875. The lowest BCUT2D eigenvalue weighted by atomic mass is 10.2. The van der Waals surface area contributed by atoms with Crippen LogP contribution in [0.1, 0.15) is 20.3 Å². The number of rotatable bonds is 4. The zero-order valence-electron chi connectivity index (χ0n) is 7.85. The molecule has 0 aliphatic carbocycles. The van der Waals surface area contributed by atoms with Gasteiger partial charge in [0.25, 0.3) is 0 Å². The smallest absolute Gasteiger partial charge is 0.216 e. The minimum atomic E-state index is 0.0466. The predicted octanol–water partition coefficient (Wildman–Crippen LogP) is 0.463. The molecule has 0 aromatic carbocycles. The third kappa shape index (κ3) is 4.79. The van der Waals surface area contributed by atoms with Crippen molar-refractivity contribution in [3.8, 4) is 0 Å². The highest BCUT2D eigenvalue weighted by atomic mass is 16.1. The van der Waals surface area contributed by atoms with Gasteiger partial charge in [0.15, 0.2) is 0 Å². The standard InChI is InChI=1S/C8H18N2O/c1-5-8(10(3)4)6-9-7(2)11/h8H,5-6H2,1-4H3,(H,9,11). The summed E-state index contributed by atoms with van der Waals surface area (Å²) < 4.78 is 0. The Kier molecular flexibility index (Phi) is 4.86. The molecule has 1 N–H and O–H groups in total. The minimum Gasteiger partial charge on any atom is -0.355 e. The average molecular weight is 158 g/mol. The maximum atomic E-state index is 10.6. The van der Waals surface area contributed by atoms with E-state index in [1.165, 1.54) is 0 Å². The first kappa shape index (κ1) is 10.4. The first-order valence-corrected chi connectivity index (χ1v) is 3.98. The lowest BCUT2D eigenvalue weighted by Crippen LogP contribution is -2.38. The molecule has 3 heteroatoms. The maximum Gasteiger partial charge on any atom is 0.216 e. The van der Waals surface area contributed by atoms with Crippen molar-refractivity contribution in [2.75, 3.05) is 20.6 Å². The van der Waals surface area contributed by atoms with Crippen LogP contribution in [0.3, 0.4) is 0 Å². The van der Waals surface area contributed by atoms with Crippen LogP contribution in [0.5, 0.6) is 0 Å². The number of likely N-dealkylation sites (N-methyl/N-ethyl adjacent to an activating group) is 1. The molecular weight excluding hydrogens is 140 g/mol. The van der Waals surface area contributed by atoms with Gasteiger partial charge in [-0.2, -0.15) is 0 Å². The van der Waals surface area contributed by atoms with Crippen molar-refractivity contribution in [3.63, 3.8) is 0 Å². The Balaban J connectivity index is 3.61. The maximum absolute atomic E-state index is 10.6. The zero-order chi connectivity index (χ0) is 8.85. The number of nitrogens with zero attached hydrogens (tertiary/aromatic N) is 1. The molecule has 0 heterocycles. The summed E-state index contributed by atoms with van der Waals surface area (Å²) in [7, 11) is 4.05. The molecule has 0 bridgehead atoms. The summed E-state index contributed by atoms with van der Waals surface area (Å²) in [4.78, 5) is 12.7. The average Bonchev–Trinajstić information content (AvgIpc) is 1.87. The summed E-state index contributed by atoms with van der Waals surface area (Å²) in [6, 6.07) is 0.457. The summed E-state index contributed by atoms with van der Waals surface area (Å²) in [5.41, 5.74) is 0. The first-order valence-electron chi connectivity index (χ1n) is 3.98. The molecule has 0 aromatic heterocycles. The monoisotopic (exact) mass is 158 g/mol. The number of carbonyl (C=O) groups is 1. The Bertz CT molecular complexity index is 123. The second-order valence-corrected chi connectivity index (χ2v) is 2.96. The molecule has 11 heavy (non-hydrogen) atoms. The van der Waals surface area contributed by atoms with Crippen LogP contribution in [0, 0.1) is 0 Å². The molecule has 0 spiro atoms. The summed E-state index contributed by atoms with van der Waals surface area (Å²) >= 11 is 0. The zero-order valence-corrected chi connectivity index (χ0v) is 7.85. The molecule has 0 saturated heterocycles. The van der Waals surface area contributed by atoms with Gasteiger partial charge in [-0.25, -0.2) is 0 Å². The van der Waals surface area contributed by atoms with Gasteiger partial charge in [0.1, 0.15) is 0 Å². The van der Waals surface area contributed by atoms with Crippen LogP contribution in [0.25, 0.3) is 0 Å². The van der Waals surface area contributed by atoms with E-state index < -0.39 is 0 Å². The van der Waals surface area contributed by atoms with Gasteiger partial charge in [-0.05, 0) is 20.5 Å². The Labute approximate surface area is 68.8 Å². The summed E-state index contributed by atoms with van der Waals surface area (Å²) in [5, 5.41) is 2.80. The largest absolute Gasteiger partial charge is 0.355 e. The van der Waals surface area contributed by atoms with Gasteiger partial charge in [-0.1, -0.05) is 6.92 Å². The predicted molar refractivity (Wildman–Crippen MR) is 46.4 cm³/mol. The van der Waals surface area contributed by atoms with Gasteiger partial charge in [0.05, 0.1) is 0 Å². The van der Waals surface area contributed by atoms with Crippen LogP contribution in [-0.4, -0.2) is 37.5 Å². The van der Waals surface area contributed by atoms with Crippen LogP contribution >= 0.6 is 0 Å². The SMILES string of the molecule is CCC(CNC(C)=O)N(C)C. The minimum absolute atomic E-state index is 0.0466. The lowest BCUT2D eigenvalue weighted by molar-refractivity contribution is -0.119. The Hall–Kier alpha value is -0.570. The van der Waals surface area contributed by atoms with Gasteiger partial charge in [0, 0.05) is 19.5 Å². The number of hydrogen-bond acceptors (Lipinski definition) is 2. The molecule has 0 radical (unpaired) electrons. The molecule has 0 rings (SSSR count). The van der Waals surface area contributed by atoms with Crippen LogP contribution in [0.15, 0.2) is 0 Å². The fourth-order valence-electron chi connectivity index (χ4n) is 0.954. The quantitative estimate of drug-likeness (QED) is 0.644. The van der Waals surface area contributed by atoms with Gasteiger partial charge >= 0.3 is 0 Å². The number of carbonyl (C=O) groups excluding carboxylic acids is 1. The summed E-state index contributed by atoms with van der Waals surface area (Å²) in [6.07, 6.45) is 1.06. The van der Waals surface area contributed by atoms with Crippen molar-refractivity contribution < 1.29 is 4.79 Å². The van der Waals surface area contributed by atoms with Gasteiger partial charge in [-0.3, -0.25) is 4.79 Å². The topological polar surface area (TPSA) is 32.3 Å². The highest BCUT2D eigenvalue weighted by Gasteiger charge is 2.07. The van der Waals surface area contributed by atoms with E-state index in [-0.39, 0.29) is 5.91 Å². The van der Waals surface area contributed by atoms with Crippen molar-refractivity contribution >= 4 is 5.91 Å². The Morgan fingerprint density at radius 3 is 2.36 bits per heavy atom. The van der Waals surface area contributed by atoms with E-state index in [4.69, 9.17) is 0 Å². The van der Waals surface area contributed by atoms with Crippen molar-refractivity contribution in [1.29, 1.82) is 0 Å². The molecule has 0 saturated carbocycles.